The summed E-state index contributed by atoms with van der Waals surface area (Å²) in [5, 5.41) is 33.9. The largest absolute Gasteiger partial charge is 0.393 e. The maximum atomic E-state index is 14.0. The fourth-order valence-corrected chi connectivity index (χ4v) is 8.56. The molecule has 224 valence electrons. The molecule has 0 amide bonds. The Kier molecular flexibility index (Phi) is 9.27. The molecule has 6 rings (SSSR count). The number of aliphatic hydroxyl groups is 2. The van der Waals surface area contributed by atoms with Gasteiger partial charge < -0.3 is 10.2 Å². The van der Waals surface area contributed by atoms with Crippen molar-refractivity contribution in [2.75, 3.05) is 5.75 Å². The van der Waals surface area contributed by atoms with Crippen LogP contribution in [0.3, 0.4) is 0 Å². The summed E-state index contributed by atoms with van der Waals surface area (Å²) in [4.78, 5) is 18.7. The molecule has 3 aliphatic carbocycles. The van der Waals surface area contributed by atoms with Crippen LogP contribution >= 0.6 is 11.8 Å². The third-order valence-corrected chi connectivity index (χ3v) is 11.0. The summed E-state index contributed by atoms with van der Waals surface area (Å²) in [6.45, 7) is 8.17. The number of aromatic nitrogens is 1. The molecule has 0 radical (unpaired) electrons. The molecule has 1 aromatic heterocycles. The van der Waals surface area contributed by atoms with Crippen LogP contribution in [-0.4, -0.2) is 38.4 Å². The van der Waals surface area contributed by atoms with Gasteiger partial charge in [-0.3, -0.25) is 4.79 Å². The van der Waals surface area contributed by atoms with Crippen molar-refractivity contribution in [2.45, 2.75) is 95.3 Å². The number of fused-ring (bicyclic) bond motifs is 8. The molecule has 0 spiro atoms. The summed E-state index contributed by atoms with van der Waals surface area (Å²) in [5.74, 6) is 0.346. The molecule has 5 nitrogen and oxygen atoms in total. The second-order valence-electron chi connectivity index (χ2n) is 12.8. The van der Waals surface area contributed by atoms with Crippen molar-refractivity contribution < 1.29 is 15.0 Å². The molecule has 1 fully saturated rings. The number of benzene rings is 2. The van der Waals surface area contributed by atoms with Crippen molar-refractivity contribution >= 4 is 17.5 Å². The third kappa shape index (κ3) is 6.36. The highest BCUT2D eigenvalue weighted by Crippen LogP contribution is 2.59. The lowest BCUT2D eigenvalue weighted by Crippen LogP contribution is -2.46. The second kappa shape index (κ2) is 12.8. The number of pyridine rings is 1. The van der Waals surface area contributed by atoms with Crippen LogP contribution in [0.2, 0.25) is 0 Å². The average molecular weight is 595 g/mol. The van der Waals surface area contributed by atoms with E-state index in [9.17, 15) is 20.3 Å². The highest BCUT2D eigenvalue weighted by atomic mass is 32.2. The standard InChI is InChI=1S/C37H42N2O3S/c1-24-9-8-17-36(4)33(16-18-37(36,42)23-43-35-32(22-38)25(2)19-26(3)39-35)30-15-13-27(20-29(40)14-12-24)21-31(30)34(41)28-10-6-5-7-11-28/h5-7,9-11,13,15,19,21,29,33,40,42H,8,12,14,16-18,20,23H2,1-4H3/t29-,33-,36-,37+/m0/s1. The van der Waals surface area contributed by atoms with Crippen LogP contribution in [-0.2, 0) is 6.42 Å². The summed E-state index contributed by atoms with van der Waals surface area (Å²) in [7, 11) is 0. The number of rotatable bonds is 5. The fourth-order valence-electron chi connectivity index (χ4n) is 7.15. The number of carbonyl (C=O) groups excluding carboxylic acids is 1. The maximum absolute atomic E-state index is 14.0. The summed E-state index contributed by atoms with van der Waals surface area (Å²) in [6.07, 6.45) is 6.64. The number of hydrogen-bond donors (Lipinski definition) is 2. The van der Waals surface area contributed by atoms with E-state index >= 15 is 0 Å². The Morgan fingerprint density at radius 1 is 1.09 bits per heavy atom. The van der Waals surface area contributed by atoms with Crippen molar-refractivity contribution in [1.29, 1.82) is 5.26 Å². The van der Waals surface area contributed by atoms with Gasteiger partial charge in [0, 0.05) is 28.0 Å². The molecule has 0 saturated heterocycles. The van der Waals surface area contributed by atoms with Crippen molar-refractivity contribution in [2.24, 2.45) is 5.41 Å². The third-order valence-electron chi connectivity index (χ3n) is 9.82. The molecule has 4 atom stereocenters. The van der Waals surface area contributed by atoms with E-state index in [1.165, 1.54) is 17.3 Å². The second-order valence-corrected chi connectivity index (χ2v) is 13.8. The van der Waals surface area contributed by atoms with E-state index in [2.05, 4.69) is 43.1 Å². The number of thioether (sulfide) groups is 1. The Labute approximate surface area is 260 Å². The summed E-state index contributed by atoms with van der Waals surface area (Å²) < 4.78 is 0. The number of nitriles is 1. The molecule has 43 heavy (non-hydrogen) atoms. The molecule has 2 bridgehead atoms. The van der Waals surface area contributed by atoms with Gasteiger partial charge in [0.15, 0.2) is 5.78 Å². The van der Waals surface area contributed by atoms with Crippen molar-refractivity contribution in [3.8, 4) is 6.07 Å². The number of hydrogen-bond acceptors (Lipinski definition) is 6. The lowest BCUT2D eigenvalue weighted by Gasteiger charge is -2.44. The van der Waals surface area contributed by atoms with E-state index in [1.54, 1.807) is 0 Å². The van der Waals surface area contributed by atoms with Gasteiger partial charge >= 0.3 is 0 Å². The first-order valence-electron chi connectivity index (χ1n) is 15.3. The van der Waals surface area contributed by atoms with E-state index in [4.69, 9.17) is 0 Å². The number of allylic oxidation sites excluding steroid dienone is 2. The average Bonchev–Trinajstić information content (AvgIpc) is 3.24. The number of aryl methyl sites for hydroxylation is 2. The predicted octanol–water partition coefficient (Wildman–Crippen LogP) is 7.63. The van der Waals surface area contributed by atoms with Crippen LogP contribution in [0.25, 0.3) is 0 Å². The topological polar surface area (TPSA) is 94.2 Å². The van der Waals surface area contributed by atoms with Gasteiger partial charge in [-0.15, -0.1) is 11.8 Å². The van der Waals surface area contributed by atoms with Crippen LogP contribution in [0.15, 0.2) is 71.3 Å². The fraction of sp³-hybridized carbons (Fsp3) is 0.432. The minimum atomic E-state index is -1.03. The summed E-state index contributed by atoms with van der Waals surface area (Å²) >= 11 is 1.47. The SMILES string of the molecule is CC1=CCC[C@@]2(C)[C@@H](CC[C@@]2(O)CSc2nc(C)cc(C)c2C#N)c2ccc(cc2C(=O)c2ccccc2)C[C@@H](O)CC1. The lowest BCUT2D eigenvalue weighted by atomic mass is 9.65. The van der Waals surface area contributed by atoms with Crippen LogP contribution in [0, 0.1) is 30.6 Å². The molecular formula is C37H42N2O3S. The minimum absolute atomic E-state index is 0.0277. The van der Waals surface area contributed by atoms with Gasteiger partial charge in [-0.05, 0) is 100 Å². The Morgan fingerprint density at radius 2 is 1.86 bits per heavy atom. The smallest absolute Gasteiger partial charge is 0.193 e. The van der Waals surface area contributed by atoms with Crippen LogP contribution in [0.1, 0.15) is 102 Å². The molecule has 2 N–H and O–H groups in total. The van der Waals surface area contributed by atoms with E-state index in [-0.39, 0.29) is 11.7 Å². The first kappa shape index (κ1) is 31.2. The molecule has 2 aromatic carbocycles. The Bertz CT molecular complexity index is 1580. The minimum Gasteiger partial charge on any atom is -0.393 e. The van der Waals surface area contributed by atoms with E-state index in [0.29, 0.717) is 46.7 Å². The normalized spacial score (nSPS) is 25.8. The van der Waals surface area contributed by atoms with E-state index in [1.807, 2.05) is 56.3 Å². The van der Waals surface area contributed by atoms with Gasteiger partial charge in [-0.25, -0.2) is 4.98 Å². The highest BCUT2D eigenvalue weighted by molar-refractivity contribution is 7.99. The molecule has 0 unspecified atom stereocenters. The molecule has 3 aromatic rings. The summed E-state index contributed by atoms with van der Waals surface area (Å²) in [5.41, 5.74) is 5.22. The zero-order chi connectivity index (χ0) is 30.8. The van der Waals surface area contributed by atoms with Crippen LogP contribution in [0.5, 0.6) is 0 Å². The molecule has 1 saturated carbocycles. The Balaban J connectivity index is 1.59. The van der Waals surface area contributed by atoms with Gasteiger partial charge in [0.25, 0.3) is 0 Å². The van der Waals surface area contributed by atoms with Gasteiger partial charge in [-0.2, -0.15) is 5.26 Å². The number of aliphatic hydroxyl groups excluding tert-OH is 1. The van der Waals surface area contributed by atoms with Gasteiger partial charge in [0.2, 0.25) is 0 Å². The Hall–Kier alpha value is -3.24. The first-order chi connectivity index (χ1) is 20.5. The quantitative estimate of drug-likeness (QED) is 0.179. The Morgan fingerprint density at radius 3 is 2.60 bits per heavy atom. The number of ketones is 1. The van der Waals surface area contributed by atoms with Crippen molar-refractivity contribution in [3.05, 3.63) is 105 Å². The molecular weight excluding hydrogens is 552 g/mol. The highest BCUT2D eigenvalue weighted by Gasteiger charge is 2.56. The molecule has 1 heterocycles. The zero-order valence-electron chi connectivity index (χ0n) is 25.7. The van der Waals surface area contributed by atoms with E-state index < -0.39 is 17.1 Å². The van der Waals surface area contributed by atoms with Gasteiger partial charge in [0.1, 0.15) is 11.1 Å². The van der Waals surface area contributed by atoms with Gasteiger partial charge in [-0.1, -0.05) is 61.0 Å². The molecule has 3 aliphatic rings. The number of carbonyl (C=O) groups is 1. The molecule has 0 aliphatic heterocycles. The lowest BCUT2D eigenvalue weighted by molar-refractivity contribution is -0.0422. The monoisotopic (exact) mass is 594 g/mol. The predicted molar refractivity (Wildman–Crippen MR) is 172 cm³/mol. The van der Waals surface area contributed by atoms with Crippen molar-refractivity contribution in [1.82, 2.24) is 4.98 Å². The number of nitrogens with zero attached hydrogens (tertiary/aromatic N) is 2. The van der Waals surface area contributed by atoms with Gasteiger partial charge in [0.05, 0.1) is 17.3 Å². The zero-order valence-corrected chi connectivity index (χ0v) is 26.5. The summed E-state index contributed by atoms with van der Waals surface area (Å²) in [6, 6.07) is 19.7. The van der Waals surface area contributed by atoms with Crippen LogP contribution in [0.4, 0.5) is 0 Å². The first-order valence-corrected chi connectivity index (χ1v) is 16.3. The van der Waals surface area contributed by atoms with E-state index in [0.717, 1.165) is 48.1 Å². The van der Waals surface area contributed by atoms with Crippen molar-refractivity contribution in [3.63, 3.8) is 0 Å². The van der Waals surface area contributed by atoms with Crippen LogP contribution < -0.4 is 0 Å². The molecule has 6 heteroatoms. The maximum Gasteiger partial charge on any atom is 0.193 e.